The highest BCUT2D eigenvalue weighted by Crippen LogP contribution is 2.26. The molecule has 3 aromatic rings. The highest BCUT2D eigenvalue weighted by molar-refractivity contribution is 6.06. The van der Waals surface area contributed by atoms with Crippen LogP contribution in [0.2, 0.25) is 0 Å². The first-order valence-electron chi connectivity index (χ1n) is 8.00. The Kier molecular flexibility index (Phi) is 4.46. The molecule has 0 saturated heterocycles. The minimum atomic E-state index is -0.201. The summed E-state index contributed by atoms with van der Waals surface area (Å²) in [6, 6.07) is 11.1. The second-order valence-electron chi connectivity index (χ2n) is 5.50. The fourth-order valence-electron chi connectivity index (χ4n) is 2.55. The predicted octanol–water partition coefficient (Wildman–Crippen LogP) is 3.41. The standard InChI is InChI=1S/C18H20N4O2/c1-4-22-16-9-7-13(11-15(16)20-21-22)18(23)19-14-8-6-12(3)10-17(14)24-5-2/h6-11H,4-5H2,1-3H3,(H,19,23). The highest BCUT2D eigenvalue weighted by Gasteiger charge is 2.12. The normalized spacial score (nSPS) is 10.8. The van der Waals surface area contributed by atoms with Gasteiger partial charge in [0, 0.05) is 12.1 Å². The average Bonchev–Trinajstić information content (AvgIpc) is 2.99. The van der Waals surface area contributed by atoms with Crippen LogP contribution in [0.3, 0.4) is 0 Å². The van der Waals surface area contributed by atoms with Crippen molar-refractivity contribution in [1.82, 2.24) is 15.0 Å². The van der Waals surface area contributed by atoms with Gasteiger partial charge in [0.25, 0.3) is 5.91 Å². The zero-order valence-electron chi connectivity index (χ0n) is 14.0. The van der Waals surface area contributed by atoms with Crippen molar-refractivity contribution in [3.05, 3.63) is 47.5 Å². The molecule has 0 saturated carbocycles. The Morgan fingerprint density at radius 3 is 2.79 bits per heavy atom. The average molecular weight is 324 g/mol. The lowest BCUT2D eigenvalue weighted by Gasteiger charge is -2.12. The van der Waals surface area contributed by atoms with Gasteiger partial charge < -0.3 is 10.1 Å². The van der Waals surface area contributed by atoms with Crippen LogP contribution in [0.1, 0.15) is 29.8 Å². The van der Waals surface area contributed by atoms with Gasteiger partial charge in [-0.1, -0.05) is 11.3 Å². The molecule has 124 valence electrons. The van der Waals surface area contributed by atoms with E-state index in [0.717, 1.165) is 17.6 Å². The Morgan fingerprint density at radius 1 is 1.21 bits per heavy atom. The molecule has 1 N–H and O–H groups in total. The van der Waals surface area contributed by atoms with Crippen LogP contribution in [0.25, 0.3) is 11.0 Å². The molecule has 3 rings (SSSR count). The number of aryl methyl sites for hydroxylation is 2. The van der Waals surface area contributed by atoms with E-state index in [1.54, 1.807) is 16.8 Å². The number of hydrogen-bond acceptors (Lipinski definition) is 4. The Bertz CT molecular complexity index is 886. The summed E-state index contributed by atoms with van der Waals surface area (Å²) < 4.78 is 7.40. The molecule has 0 bridgehead atoms. The third-order valence-corrected chi connectivity index (χ3v) is 3.76. The molecule has 2 aromatic carbocycles. The van der Waals surface area contributed by atoms with E-state index < -0.39 is 0 Å². The zero-order chi connectivity index (χ0) is 17.1. The Morgan fingerprint density at radius 2 is 2.04 bits per heavy atom. The smallest absolute Gasteiger partial charge is 0.255 e. The molecule has 1 amide bonds. The lowest BCUT2D eigenvalue weighted by atomic mass is 10.1. The first-order chi connectivity index (χ1) is 11.6. The van der Waals surface area contributed by atoms with E-state index in [-0.39, 0.29) is 5.91 Å². The maximum atomic E-state index is 12.6. The molecule has 6 nitrogen and oxygen atoms in total. The van der Waals surface area contributed by atoms with Crippen LogP contribution in [0.4, 0.5) is 5.69 Å². The molecule has 0 spiro atoms. The third kappa shape index (κ3) is 3.08. The van der Waals surface area contributed by atoms with Crippen LogP contribution in [0.15, 0.2) is 36.4 Å². The van der Waals surface area contributed by atoms with E-state index in [4.69, 9.17) is 4.74 Å². The van der Waals surface area contributed by atoms with Gasteiger partial charge >= 0.3 is 0 Å². The first-order valence-corrected chi connectivity index (χ1v) is 8.00. The predicted molar refractivity (Wildman–Crippen MR) is 93.5 cm³/mol. The zero-order valence-corrected chi connectivity index (χ0v) is 14.0. The van der Waals surface area contributed by atoms with Gasteiger partial charge in [0.1, 0.15) is 11.3 Å². The van der Waals surface area contributed by atoms with Crippen molar-refractivity contribution in [2.75, 3.05) is 11.9 Å². The molecule has 24 heavy (non-hydrogen) atoms. The summed E-state index contributed by atoms with van der Waals surface area (Å²) >= 11 is 0. The lowest BCUT2D eigenvalue weighted by molar-refractivity contribution is 0.102. The first kappa shape index (κ1) is 16.0. The summed E-state index contributed by atoms with van der Waals surface area (Å²) in [5.74, 6) is 0.469. The number of nitrogens with one attached hydrogen (secondary N) is 1. The van der Waals surface area contributed by atoms with Crippen molar-refractivity contribution in [2.24, 2.45) is 0 Å². The van der Waals surface area contributed by atoms with Crippen LogP contribution in [0.5, 0.6) is 5.75 Å². The monoisotopic (exact) mass is 324 g/mol. The van der Waals surface area contributed by atoms with Crippen LogP contribution in [0, 0.1) is 6.92 Å². The van der Waals surface area contributed by atoms with Gasteiger partial charge in [-0.15, -0.1) is 5.10 Å². The molecule has 0 unspecified atom stereocenters. The topological polar surface area (TPSA) is 69.0 Å². The number of amides is 1. The molecule has 0 aliphatic heterocycles. The number of benzene rings is 2. The third-order valence-electron chi connectivity index (χ3n) is 3.76. The van der Waals surface area contributed by atoms with Crippen molar-refractivity contribution in [3.63, 3.8) is 0 Å². The van der Waals surface area contributed by atoms with E-state index in [0.29, 0.717) is 29.1 Å². The molecule has 0 radical (unpaired) electrons. The van der Waals surface area contributed by atoms with Crippen molar-refractivity contribution in [1.29, 1.82) is 0 Å². The van der Waals surface area contributed by atoms with Gasteiger partial charge in [-0.25, -0.2) is 4.68 Å². The SMILES string of the molecule is CCOc1cc(C)ccc1NC(=O)c1ccc2c(c1)nnn2CC. The molecule has 0 aliphatic carbocycles. The minimum absolute atomic E-state index is 0.201. The number of carbonyl (C=O) groups is 1. The fraction of sp³-hybridized carbons (Fsp3) is 0.278. The van der Waals surface area contributed by atoms with Crippen molar-refractivity contribution in [2.45, 2.75) is 27.3 Å². The van der Waals surface area contributed by atoms with E-state index >= 15 is 0 Å². The quantitative estimate of drug-likeness (QED) is 0.781. The van der Waals surface area contributed by atoms with E-state index in [2.05, 4.69) is 15.6 Å². The Balaban J connectivity index is 1.87. The molecule has 1 aromatic heterocycles. The van der Waals surface area contributed by atoms with E-state index in [9.17, 15) is 4.79 Å². The second kappa shape index (κ2) is 6.70. The minimum Gasteiger partial charge on any atom is -0.492 e. The molecular weight excluding hydrogens is 304 g/mol. The van der Waals surface area contributed by atoms with E-state index in [1.807, 2.05) is 45.0 Å². The van der Waals surface area contributed by atoms with Crippen LogP contribution < -0.4 is 10.1 Å². The molecule has 0 atom stereocenters. The highest BCUT2D eigenvalue weighted by atomic mass is 16.5. The summed E-state index contributed by atoms with van der Waals surface area (Å²) in [6.45, 7) is 7.18. The molecular formula is C18H20N4O2. The maximum absolute atomic E-state index is 12.6. The number of fused-ring (bicyclic) bond motifs is 1. The van der Waals surface area contributed by atoms with Gasteiger partial charge in [0.2, 0.25) is 0 Å². The largest absolute Gasteiger partial charge is 0.492 e. The second-order valence-corrected chi connectivity index (χ2v) is 5.50. The van der Waals surface area contributed by atoms with Gasteiger partial charge in [0.05, 0.1) is 17.8 Å². The summed E-state index contributed by atoms with van der Waals surface area (Å²) in [7, 11) is 0. The number of ether oxygens (including phenoxy) is 1. The fourth-order valence-corrected chi connectivity index (χ4v) is 2.55. The van der Waals surface area contributed by atoms with Crippen LogP contribution in [-0.2, 0) is 6.54 Å². The van der Waals surface area contributed by atoms with Gasteiger partial charge in [-0.2, -0.15) is 0 Å². The van der Waals surface area contributed by atoms with Gasteiger partial charge in [-0.05, 0) is 56.7 Å². The summed E-state index contributed by atoms with van der Waals surface area (Å²) in [5.41, 5.74) is 3.89. The molecule has 0 fully saturated rings. The van der Waals surface area contributed by atoms with Crippen LogP contribution >= 0.6 is 0 Å². The Hall–Kier alpha value is -2.89. The number of anilines is 1. The van der Waals surface area contributed by atoms with Crippen LogP contribution in [-0.4, -0.2) is 27.5 Å². The number of hydrogen-bond donors (Lipinski definition) is 1. The lowest BCUT2D eigenvalue weighted by Crippen LogP contribution is -2.13. The number of rotatable bonds is 5. The molecule has 1 heterocycles. The van der Waals surface area contributed by atoms with Gasteiger partial charge in [-0.3, -0.25) is 4.79 Å². The summed E-state index contributed by atoms with van der Waals surface area (Å²) in [4.78, 5) is 12.6. The Labute approximate surface area is 140 Å². The number of aromatic nitrogens is 3. The van der Waals surface area contributed by atoms with Crippen molar-refractivity contribution < 1.29 is 9.53 Å². The van der Waals surface area contributed by atoms with Crippen molar-refractivity contribution in [3.8, 4) is 5.75 Å². The van der Waals surface area contributed by atoms with Gasteiger partial charge in [0.15, 0.2) is 0 Å². The summed E-state index contributed by atoms with van der Waals surface area (Å²) in [5, 5.41) is 11.1. The summed E-state index contributed by atoms with van der Waals surface area (Å²) in [6.07, 6.45) is 0. The molecule has 0 aliphatic rings. The van der Waals surface area contributed by atoms with Crippen molar-refractivity contribution >= 4 is 22.6 Å². The number of nitrogens with zero attached hydrogens (tertiary/aromatic N) is 3. The number of carbonyl (C=O) groups excluding carboxylic acids is 1. The van der Waals surface area contributed by atoms with E-state index in [1.165, 1.54) is 0 Å². The maximum Gasteiger partial charge on any atom is 0.255 e. The molecule has 6 heteroatoms.